The third-order valence-electron chi connectivity index (χ3n) is 4.73. The number of rotatable bonds is 8. The van der Waals surface area contributed by atoms with Gasteiger partial charge in [0.05, 0.1) is 12.2 Å². The molecule has 0 spiro atoms. The van der Waals surface area contributed by atoms with Crippen LogP contribution in [0.3, 0.4) is 0 Å². The summed E-state index contributed by atoms with van der Waals surface area (Å²) in [6.07, 6.45) is 4.49. The number of amides is 1. The first-order chi connectivity index (χ1) is 15.1. The van der Waals surface area contributed by atoms with Crippen molar-refractivity contribution in [2.45, 2.75) is 19.9 Å². The number of guanidine groups is 1. The quantitative estimate of drug-likeness (QED) is 0.436. The monoisotopic (exact) mass is 418 g/mol. The SMILES string of the molecule is CCNC(=NCc1cccc(-n2cccn2)c1)NCCc1cccc(C(=O)N(C)C)c1. The number of benzene rings is 2. The third-order valence-corrected chi connectivity index (χ3v) is 4.73. The lowest BCUT2D eigenvalue weighted by molar-refractivity contribution is 0.0827. The molecule has 2 N–H and O–H groups in total. The van der Waals surface area contributed by atoms with E-state index in [1.807, 2.05) is 60.3 Å². The van der Waals surface area contributed by atoms with Gasteiger partial charge >= 0.3 is 0 Å². The number of aromatic nitrogens is 2. The van der Waals surface area contributed by atoms with Crippen molar-refractivity contribution >= 4 is 11.9 Å². The molecule has 1 aromatic heterocycles. The fourth-order valence-electron chi connectivity index (χ4n) is 3.17. The molecule has 31 heavy (non-hydrogen) atoms. The van der Waals surface area contributed by atoms with Crippen molar-refractivity contribution in [3.8, 4) is 5.69 Å². The standard InChI is InChI=1S/C24H30N6O/c1-4-25-24(26-14-12-19-8-5-10-21(16-19)23(31)29(2)3)27-18-20-9-6-11-22(17-20)30-15-7-13-28-30/h5-11,13,15-17H,4,12,14,18H2,1-3H3,(H2,25,26,27). The van der Waals surface area contributed by atoms with Gasteiger partial charge in [0.25, 0.3) is 5.91 Å². The van der Waals surface area contributed by atoms with Crippen LogP contribution in [-0.4, -0.2) is 53.7 Å². The predicted octanol–water partition coefficient (Wildman–Crippen LogP) is 2.87. The first-order valence-electron chi connectivity index (χ1n) is 10.5. The van der Waals surface area contributed by atoms with Gasteiger partial charge in [-0.1, -0.05) is 24.3 Å². The number of carbonyl (C=O) groups is 1. The highest BCUT2D eigenvalue weighted by Crippen LogP contribution is 2.11. The molecule has 3 aromatic rings. The zero-order valence-electron chi connectivity index (χ0n) is 18.4. The van der Waals surface area contributed by atoms with E-state index in [1.165, 1.54) is 0 Å². The summed E-state index contributed by atoms with van der Waals surface area (Å²) in [6, 6.07) is 17.9. The normalized spacial score (nSPS) is 11.3. The zero-order valence-corrected chi connectivity index (χ0v) is 18.4. The fraction of sp³-hybridized carbons (Fsp3) is 0.292. The summed E-state index contributed by atoms with van der Waals surface area (Å²) in [6.45, 7) is 4.12. The van der Waals surface area contributed by atoms with Crippen LogP contribution in [0.4, 0.5) is 0 Å². The van der Waals surface area contributed by atoms with Crippen LogP contribution in [0.15, 0.2) is 72.0 Å². The van der Waals surface area contributed by atoms with Gasteiger partial charge in [-0.2, -0.15) is 5.10 Å². The largest absolute Gasteiger partial charge is 0.357 e. The van der Waals surface area contributed by atoms with Gasteiger partial charge in [0, 0.05) is 45.1 Å². The van der Waals surface area contributed by atoms with E-state index >= 15 is 0 Å². The van der Waals surface area contributed by atoms with Gasteiger partial charge in [0.15, 0.2) is 5.96 Å². The maximum absolute atomic E-state index is 12.2. The van der Waals surface area contributed by atoms with Crippen LogP contribution in [0.5, 0.6) is 0 Å². The number of hydrogen-bond acceptors (Lipinski definition) is 3. The Morgan fingerprint density at radius 3 is 2.61 bits per heavy atom. The zero-order chi connectivity index (χ0) is 22.1. The molecule has 7 heteroatoms. The molecule has 0 saturated heterocycles. The summed E-state index contributed by atoms with van der Waals surface area (Å²) >= 11 is 0. The molecule has 1 heterocycles. The van der Waals surface area contributed by atoms with E-state index in [0.29, 0.717) is 12.1 Å². The van der Waals surface area contributed by atoms with E-state index in [-0.39, 0.29) is 5.91 Å². The lowest BCUT2D eigenvalue weighted by Gasteiger charge is -2.13. The van der Waals surface area contributed by atoms with Crippen molar-refractivity contribution in [2.75, 3.05) is 27.2 Å². The van der Waals surface area contributed by atoms with E-state index in [1.54, 1.807) is 25.2 Å². The van der Waals surface area contributed by atoms with Crippen LogP contribution < -0.4 is 10.6 Å². The summed E-state index contributed by atoms with van der Waals surface area (Å²) in [5.41, 5.74) is 3.95. The highest BCUT2D eigenvalue weighted by Gasteiger charge is 2.08. The minimum Gasteiger partial charge on any atom is -0.357 e. The molecule has 0 saturated carbocycles. The van der Waals surface area contributed by atoms with Crippen molar-refractivity contribution in [2.24, 2.45) is 4.99 Å². The highest BCUT2D eigenvalue weighted by atomic mass is 16.2. The number of hydrogen-bond donors (Lipinski definition) is 2. The second kappa shape index (κ2) is 11.0. The molecule has 162 valence electrons. The number of nitrogens with one attached hydrogen (secondary N) is 2. The molecule has 3 rings (SSSR count). The molecular weight excluding hydrogens is 388 g/mol. The minimum absolute atomic E-state index is 0.0158. The van der Waals surface area contributed by atoms with Crippen molar-refractivity contribution < 1.29 is 4.79 Å². The predicted molar refractivity (Wildman–Crippen MR) is 125 cm³/mol. The van der Waals surface area contributed by atoms with Crippen molar-refractivity contribution in [3.05, 3.63) is 83.7 Å². The lowest BCUT2D eigenvalue weighted by Crippen LogP contribution is -2.38. The van der Waals surface area contributed by atoms with Crippen LogP contribution in [0.2, 0.25) is 0 Å². The Labute approximate surface area is 183 Å². The van der Waals surface area contributed by atoms with E-state index in [2.05, 4.69) is 27.9 Å². The number of aliphatic imine (C=N–C) groups is 1. The molecule has 0 aliphatic carbocycles. The molecule has 7 nitrogen and oxygen atoms in total. The summed E-state index contributed by atoms with van der Waals surface area (Å²) < 4.78 is 1.84. The smallest absolute Gasteiger partial charge is 0.253 e. The molecule has 0 aliphatic rings. The molecule has 0 aliphatic heterocycles. The Hall–Kier alpha value is -3.61. The highest BCUT2D eigenvalue weighted by molar-refractivity contribution is 5.94. The van der Waals surface area contributed by atoms with Crippen LogP contribution in [0.25, 0.3) is 5.69 Å². The van der Waals surface area contributed by atoms with Gasteiger partial charge in [-0.15, -0.1) is 0 Å². The van der Waals surface area contributed by atoms with Gasteiger partial charge in [-0.05, 0) is 54.8 Å². The Bertz CT molecular complexity index is 1010. The molecule has 0 bridgehead atoms. The molecule has 2 aromatic carbocycles. The van der Waals surface area contributed by atoms with Crippen molar-refractivity contribution in [3.63, 3.8) is 0 Å². The fourth-order valence-corrected chi connectivity index (χ4v) is 3.17. The Balaban J connectivity index is 1.59. The van der Waals surface area contributed by atoms with Gasteiger partial charge in [0.2, 0.25) is 0 Å². The Morgan fingerprint density at radius 2 is 1.87 bits per heavy atom. The van der Waals surface area contributed by atoms with E-state index in [9.17, 15) is 4.79 Å². The maximum atomic E-state index is 12.2. The second-order valence-electron chi connectivity index (χ2n) is 7.39. The van der Waals surface area contributed by atoms with Crippen LogP contribution in [0.1, 0.15) is 28.4 Å². The Kier molecular flexibility index (Phi) is 7.81. The van der Waals surface area contributed by atoms with Crippen LogP contribution in [-0.2, 0) is 13.0 Å². The van der Waals surface area contributed by atoms with E-state index < -0.39 is 0 Å². The van der Waals surface area contributed by atoms with Gasteiger partial charge in [0.1, 0.15) is 0 Å². The van der Waals surface area contributed by atoms with Gasteiger partial charge < -0.3 is 15.5 Å². The topological polar surface area (TPSA) is 74.5 Å². The van der Waals surface area contributed by atoms with E-state index in [0.717, 1.165) is 42.3 Å². The first-order valence-corrected chi connectivity index (χ1v) is 10.5. The van der Waals surface area contributed by atoms with Gasteiger partial charge in [-0.25, -0.2) is 9.67 Å². The lowest BCUT2D eigenvalue weighted by atomic mass is 10.1. The molecule has 0 radical (unpaired) electrons. The van der Waals surface area contributed by atoms with Crippen molar-refractivity contribution in [1.82, 2.24) is 25.3 Å². The minimum atomic E-state index is 0.0158. The number of nitrogens with zero attached hydrogens (tertiary/aromatic N) is 4. The average Bonchev–Trinajstić information content (AvgIpc) is 3.32. The average molecular weight is 419 g/mol. The van der Waals surface area contributed by atoms with Gasteiger partial charge in [-0.3, -0.25) is 4.79 Å². The summed E-state index contributed by atoms with van der Waals surface area (Å²) in [5, 5.41) is 10.9. The van der Waals surface area contributed by atoms with Crippen LogP contribution in [0, 0.1) is 0 Å². The summed E-state index contributed by atoms with van der Waals surface area (Å²) in [4.78, 5) is 18.5. The molecule has 0 fully saturated rings. The van der Waals surface area contributed by atoms with E-state index in [4.69, 9.17) is 4.99 Å². The first kappa shape index (κ1) is 22.1. The summed E-state index contributed by atoms with van der Waals surface area (Å²) in [7, 11) is 3.53. The summed E-state index contributed by atoms with van der Waals surface area (Å²) in [5.74, 6) is 0.787. The molecule has 0 atom stereocenters. The Morgan fingerprint density at radius 1 is 1.06 bits per heavy atom. The molecule has 1 amide bonds. The van der Waals surface area contributed by atoms with Crippen LogP contribution >= 0.6 is 0 Å². The number of carbonyl (C=O) groups excluding carboxylic acids is 1. The molecular formula is C24H30N6O. The van der Waals surface area contributed by atoms with Crippen molar-refractivity contribution in [1.29, 1.82) is 0 Å². The third kappa shape index (κ3) is 6.44. The maximum Gasteiger partial charge on any atom is 0.253 e. The molecule has 0 unspecified atom stereocenters. The second-order valence-corrected chi connectivity index (χ2v) is 7.39.